The number of aliphatic hydroxyl groups excluding tert-OH is 4. The van der Waals surface area contributed by atoms with E-state index in [1.165, 1.54) is 14.2 Å². The first kappa shape index (κ1) is 26.7. The quantitative estimate of drug-likeness (QED) is 0.292. The van der Waals surface area contributed by atoms with Gasteiger partial charge in [0.1, 0.15) is 24.4 Å². The topological polar surface area (TPSA) is 183 Å². The fourth-order valence-electron chi connectivity index (χ4n) is 6.07. The summed E-state index contributed by atoms with van der Waals surface area (Å²) in [6.45, 7) is -0.561. The first-order chi connectivity index (χ1) is 19.3. The summed E-state index contributed by atoms with van der Waals surface area (Å²) in [6.07, 6.45) is -7.15. The van der Waals surface area contributed by atoms with Crippen molar-refractivity contribution in [2.45, 2.75) is 43.0 Å². The second-order valence-corrected chi connectivity index (χ2v) is 10.2. The van der Waals surface area contributed by atoms with E-state index in [2.05, 4.69) is 0 Å². The lowest BCUT2D eigenvalue weighted by atomic mass is 9.67. The van der Waals surface area contributed by atoms with Crippen molar-refractivity contribution in [2.24, 2.45) is 11.8 Å². The van der Waals surface area contributed by atoms with Gasteiger partial charge in [-0.15, -0.1) is 0 Å². The van der Waals surface area contributed by atoms with Crippen LogP contribution >= 0.6 is 0 Å². The fourth-order valence-corrected chi connectivity index (χ4v) is 6.07. The van der Waals surface area contributed by atoms with Gasteiger partial charge in [0.25, 0.3) is 0 Å². The van der Waals surface area contributed by atoms with Crippen molar-refractivity contribution in [1.29, 1.82) is 0 Å². The Hall–Kier alpha value is -3.49. The summed E-state index contributed by atoms with van der Waals surface area (Å²) in [4.78, 5) is 13.0. The van der Waals surface area contributed by atoms with Crippen molar-refractivity contribution >= 4 is 5.97 Å². The van der Waals surface area contributed by atoms with Crippen molar-refractivity contribution in [3.63, 3.8) is 0 Å². The number of methoxy groups -OCH3 is 2. The minimum atomic E-state index is -1.65. The molecule has 5 N–H and O–H groups in total. The maximum absolute atomic E-state index is 13.0. The van der Waals surface area contributed by atoms with Gasteiger partial charge in [0.15, 0.2) is 23.0 Å². The number of carbonyl (C=O) groups excluding carboxylic acids is 1. The second kappa shape index (κ2) is 10.2. The Morgan fingerprint density at radius 3 is 2.38 bits per heavy atom. The smallest absolute Gasteiger partial charge is 0.310 e. The summed E-state index contributed by atoms with van der Waals surface area (Å²) in [5.41, 5.74) is 1.90. The summed E-state index contributed by atoms with van der Waals surface area (Å²) in [6, 6.07) is 5.02. The molecule has 216 valence electrons. The molecule has 0 unspecified atom stereocenters. The zero-order chi connectivity index (χ0) is 28.3. The van der Waals surface area contributed by atoms with Gasteiger partial charge in [0.2, 0.25) is 24.6 Å². The lowest BCUT2D eigenvalue weighted by Gasteiger charge is -2.40. The molecule has 3 aliphatic heterocycles. The Bertz CT molecular complexity index is 1280. The van der Waals surface area contributed by atoms with Crippen LogP contribution in [0.2, 0.25) is 0 Å². The van der Waals surface area contributed by atoms with E-state index in [0.717, 1.165) is 0 Å². The highest BCUT2D eigenvalue weighted by atomic mass is 16.7. The minimum Gasteiger partial charge on any atom is -0.502 e. The Morgan fingerprint density at radius 2 is 1.70 bits per heavy atom. The average molecular weight is 563 g/mol. The third kappa shape index (κ3) is 4.08. The van der Waals surface area contributed by atoms with Crippen LogP contribution < -0.4 is 23.7 Å². The monoisotopic (exact) mass is 562 g/mol. The number of hydrogen-bond donors (Lipinski definition) is 5. The molecule has 2 aromatic carbocycles. The van der Waals surface area contributed by atoms with Gasteiger partial charge < -0.3 is 58.7 Å². The summed E-state index contributed by atoms with van der Waals surface area (Å²) in [5, 5.41) is 51.3. The molecular weight excluding hydrogens is 532 g/mol. The van der Waals surface area contributed by atoms with Crippen LogP contribution in [0.15, 0.2) is 18.2 Å². The van der Waals surface area contributed by atoms with E-state index in [9.17, 15) is 30.3 Å². The van der Waals surface area contributed by atoms with Crippen molar-refractivity contribution in [2.75, 3.05) is 34.2 Å². The Morgan fingerprint density at radius 1 is 0.975 bits per heavy atom. The largest absolute Gasteiger partial charge is 0.502 e. The van der Waals surface area contributed by atoms with Crippen molar-refractivity contribution in [3.8, 4) is 34.5 Å². The molecule has 13 nitrogen and oxygen atoms in total. The third-order valence-corrected chi connectivity index (χ3v) is 8.08. The Labute approximate surface area is 228 Å². The zero-order valence-electron chi connectivity index (χ0n) is 21.7. The molecular formula is C27H30O13. The van der Waals surface area contributed by atoms with E-state index in [1.807, 2.05) is 0 Å². The van der Waals surface area contributed by atoms with Gasteiger partial charge in [0.05, 0.1) is 33.4 Å². The van der Waals surface area contributed by atoms with E-state index in [4.69, 9.17) is 33.2 Å². The van der Waals surface area contributed by atoms with E-state index in [1.54, 1.807) is 18.2 Å². The maximum Gasteiger partial charge on any atom is 0.310 e. The Balaban J connectivity index is 1.50. The first-order valence-corrected chi connectivity index (χ1v) is 12.8. The molecule has 40 heavy (non-hydrogen) atoms. The van der Waals surface area contributed by atoms with Gasteiger partial charge in [-0.2, -0.15) is 0 Å². The van der Waals surface area contributed by atoms with Crippen molar-refractivity contribution in [1.82, 2.24) is 0 Å². The number of esters is 1. The number of carbonyl (C=O) groups is 1. The minimum absolute atomic E-state index is 0.107. The van der Waals surface area contributed by atoms with Gasteiger partial charge >= 0.3 is 5.97 Å². The molecule has 0 bridgehead atoms. The summed E-state index contributed by atoms with van der Waals surface area (Å²) in [5.74, 6) is -0.932. The third-order valence-electron chi connectivity index (χ3n) is 8.08. The number of cyclic esters (lactones) is 1. The summed E-state index contributed by atoms with van der Waals surface area (Å²) in [7, 11) is 2.81. The summed E-state index contributed by atoms with van der Waals surface area (Å²) >= 11 is 0. The molecule has 0 radical (unpaired) electrons. The highest BCUT2D eigenvalue weighted by molar-refractivity contribution is 5.79. The lowest BCUT2D eigenvalue weighted by Crippen LogP contribution is -2.60. The van der Waals surface area contributed by atoms with Gasteiger partial charge in [-0.05, 0) is 35.7 Å². The van der Waals surface area contributed by atoms with Gasteiger partial charge in [-0.1, -0.05) is 0 Å². The molecule has 13 heteroatoms. The molecule has 2 aromatic rings. The predicted molar refractivity (Wildman–Crippen MR) is 132 cm³/mol. The van der Waals surface area contributed by atoms with Crippen LogP contribution in [0.4, 0.5) is 0 Å². The number of rotatable bonds is 6. The van der Waals surface area contributed by atoms with Crippen LogP contribution in [-0.2, 0) is 20.7 Å². The first-order valence-electron chi connectivity index (χ1n) is 12.8. The van der Waals surface area contributed by atoms with Crippen LogP contribution in [0.1, 0.15) is 22.6 Å². The average Bonchev–Trinajstić information content (AvgIpc) is 3.58. The van der Waals surface area contributed by atoms with E-state index in [0.29, 0.717) is 28.9 Å². The number of phenols is 1. The molecule has 2 fully saturated rings. The fraction of sp³-hybridized carbons (Fsp3) is 0.519. The molecule has 0 aromatic heterocycles. The number of aliphatic hydroxyl groups is 4. The number of benzene rings is 2. The van der Waals surface area contributed by atoms with Crippen LogP contribution in [0.5, 0.6) is 34.5 Å². The van der Waals surface area contributed by atoms with Gasteiger partial charge in [-0.25, -0.2) is 0 Å². The molecule has 2 saturated heterocycles. The number of ether oxygens (including phenoxy) is 7. The molecule has 0 saturated carbocycles. The standard InChI is InChI=1S/C27H30O13/c1-34-14-4-10(5-15(35-2)20(14)29)18-12-6-16-25(38-9-37-16)24(13(12)3-11-8-36-26(33)19(11)18)40-27-23(32)22(31)21(30)17(7-28)39-27/h4-6,11,17-19,21-23,27-32H,3,7-9H2,1-2H3/t11-,17-,18+,19-,21+,22+,23+,27+/m0/s1. The van der Waals surface area contributed by atoms with Crippen molar-refractivity contribution < 1.29 is 63.5 Å². The molecule has 8 atom stereocenters. The molecule has 0 spiro atoms. The highest BCUT2D eigenvalue weighted by Crippen LogP contribution is 2.56. The Kier molecular flexibility index (Phi) is 6.79. The molecule has 0 amide bonds. The molecule has 1 aliphatic carbocycles. The number of phenolic OH excluding ortho intramolecular Hbond substituents is 1. The van der Waals surface area contributed by atoms with Crippen LogP contribution in [0.25, 0.3) is 0 Å². The number of fused-ring (bicyclic) bond motifs is 3. The number of aromatic hydroxyl groups is 1. The van der Waals surface area contributed by atoms with Crippen LogP contribution in [0.3, 0.4) is 0 Å². The molecule has 3 heterocycles. The van der Waals surface area contributed by atoms with Gasteiger partial charge in [-0.3, -0.25) is 4.79 Å². The lowest BCUT2D eigenvalue weighted by molar-refractivity contribution is -0.277. The van der Waals surface area contributed by atoms with Crippen molar-refractivity contribution in [3.05, 3.63) is 34.9 Å². The molecule has 6 rings (SSSR count). The normalized spacial score (nSPS) is 32.2. The predicted octanol–water partition coefficient (Wildman–Crippen LogP) is -0.206. The second-order valence-electron chi connectivity index (χ2n) is 10.2. The SMILES string of the molecule is COc1cc([C@@H]2c3cc4c(c(O[C@H]5O[C@@H](CO)[C@@H](O)[C@@H](O)[C@H]5O)c3C[C@H]3COC(=O)[C@@H]32)OCO4)cc(OC)c1O. The molecule has 4 aliphatic rings. The highest BCUT2D eigenvalue weighted by Gasteiger charge is 2.51. The van der Waals surface area contributed by atoms with E-state index >= 15 is 0 Å². The van der Waals surface area contributed by atoms with Crippen LogP contribution in [0, 0.1) is 11.8 Å². The van der Waals surface area contributed by atoms with E-state index < -0.39 is 49.1 Å². The maximum atomic E-state index is 13.0. The van der Waals surface area contributed by atoms with Crippen LogP contribution in [-0.4, -0.2) is 96.4 Å². The number of hydrogen-bond acceptors (Lipinski definition) is 13. The summed E-state index contributed by atoms with van der Waals surface area (Å²) < 4.78 is 39.4. The zero-order valence-corrected chi connectivity index (χ0v) is 21.7. The van der Waals surface area contributed by atoms with Gasteiger partial charge in [0, 0.05) is 17.4 Å². The van der Waals surface area contributed by atoms with E-state index in [-0.39, 0.29) is 54.0 Å².